The van der Waals surface area contributed by atoms with Crippen LogP contribution in [0, 0.1) is 5.41 Å². The van der Waals surface area contributed by atoms with Crippen molar-refractivity contribution in [1.82, 2.24) is 19.5 Å². The quantitative estimate of drug-likeness (QED) is 0.102. The highest BCUT2D eigenvalue weighted by molar-refractivity contribution is 5.81. The molecule has 0 aliphatic heterocycles. The standard InChI is InChI=1S/C25H20F6N6O/c1-14(22-33-13-21(36-22)25(29,30)31)11-18(9-10-32)38-17-7-8-20-19(12-17)35-23(37(20)2)34-16-5-3-15(4-6-16)24(26,27)28/h3-13,32H,1-2H3,(H,33,36)(H,34,35)/b14-11+,18-9+,32-10?. The molecule has 3 N–H and O–H groups in total. The van der Waals surface area contributed by atoms with Gasteiger partial charge in [-0.25, -0.2) is 9.97 Å². The zero-order valence-corrected chi connectivity index (χ0v) is 19.9. The van der Waals surface area contributed by atoms with Crippen LogP contribution in [0.15, 0.2) is 66.6 Å². The van der Waals surface area contributed by atoms with Crippen LogP contribution < -0.4 is 10.1 Å². The molecule has 2 aromatic heterocycles. The van der Waals surface area contributed by atoms with E-state index in [4.69, 9.17) is 10.1 Å². The van der Waals surface area contributed by atoms with Crippen LogP contribution in [0.5, 0.6) is 5.75 Å². The lowest BCUT2D eigenvalue weighted by molar-refractivity contribution is -0.141. The van der Waals surface area contributed by atoms with Gasteiger partial charge in [0.25, 0.3) is 0 Å². The fourth-order valence-corrected chi connectivity index (χ4v) is 3.50. The second-order valence-corrected chi connectivity index (χ2v) is 8.15. The van der Waals surface area contributed by atoms with E-state index in [-0.39, 0.29) is 11.6 Å². The molecule has 0 aliphatic rings. The predicted molar refractivity (Wildman–Crippen MR) is 130 cm³/mol. The molecule has 0 saturated carbocycles. The molecule has 7 nitrogen and oxygen atoms in total. The van der Waals surface area contributed by atoms with Gasteiger partial charge in [-0.05, 0) is 61.0 Å². The number of hydrogen-bond acceptors (Lipinski definition) is 5. The average Bonchev–Trinajstić information content (AvgIpc) is 3.45. The maximum Gasteiger partial charge on any atom is 0.432 e. The Labute approximate surface area is 212 Å². The minimum Gasteiger partial charge on any atom is -0.457 e. The monoisotopic (exact) mass is 534 g/mol. The number of benzene rings is 2. The van der Waals surface area contributed by atoms with Gasteiger partial charge in [0, 0.05) is 25.0 Å². The second kappa shape index (κ2) is 10.1. The molecule has 0 saturated heterocycles. The van der Waals surface area contributed by atoms with E-state index >= 15 is 0 Å². The summed E-state index contributed by atoms with van der Waals surface area (Å²) in [4.78, 5) is 10.4. The molecule has 38 heavy (non-hydrogen) atoms. The summed E-state index contributed by atoms with van der Waals surface area (Å²) in [6, 6.07) is 9.51. The second-order valence-electron chi connectivity index (χ2n) is 8.15. The molecule has 13 heteroatoms. The van der Waals surface area contributed by atoms with E-state index in [1.165, 1.54) is 24.3 Å². The Kier molecular flexibility index (Phi) is 7.03. The Balaban J connectivity index is 1.55. The third-order valence-electron chi connectivity index (χ3n) is 5.42. The molecule has 198 valence electrons. The number of alkyl halides is 6. The number of ether oxygens (including phenoxy) is 1. The number of anilines is 2. The van der Waals surface area contributed by atoms with Crippen molar-refractivity contribution >= 4 is 34.5 Å². The Morgan fingerprint density at radius 3 is 2.37 bits per heavy atom. The minimum absolute atomic E-state index is 0.00373. The van der Waals surface area contributed by atoms with Crippen molar-refractivity contribution in [2.24, 2.45) is 7.05 Å². The molecule has 0 bridgehead atoms. The number of aromatic amines is 1. The molecule has 0 unspecified atom stereocenters. The summed E-state index contributed by atoms with van der Waals surface area (Å²) in [6.45, 7) is 1.54. The molecule has 0 atom stereocenters. The summed E-state index contributed by atoms with van der Waals surface area (Å²) < 4.78 is 84.6. The molecule has 0 amide bonds. The summed E-state index contributed by atoms with van der Waals surface area (Å²) in [7, 11) is 1.73. The van der Waals surface area contributed by atoms with Crippen LogP contribution >= 0.6 is 0 Å². The lowest BCUT2D eigenvalue weighted by Gasteiger charge is -2.09. The number of rotatable bonds is 7. The summed E-state index contributed by atoms with van der Waals surface area (Å²) in [5.41, 5.74) is 0.217. The molecule has 0 fully saturated rings. The Morgan fingerprint density at radius 2 is 1.76 bits per heavy atom. The van der Waals surface area contributed by atoms with Gasteiger partial charge in [-0.3, -0.25) is 0 Å². The van der Waals surface area contributed by atoms with Gasteiger partial charge in [0.15, 0.2) is 0 Å². The third kappa shape index (κ3) is 5.88. The van der Waals surface area contributed by atoms with Crippen molar-refractivity contribution in [3.63, 3.8) is 0 Å². The van der Waals surface area contributed by atoms with Crippen molar-refractivity contribution in [3.05, 3.63) is 83.7 Å². The van der Waals surface area contributed by atoms with Crippen LogP contribution in [0.1, 0.15) is 24.0 Å². The summed E-state index contributed by atoms with van der Waals surface area (Å²) in [5.74, 6) is 0.877. The number of fused-ring (bicyclic) bond motifs is 1. The van der Waals surface area contributed by atoms with Gasteiger partial charge in [0.05, 0.1) is 22.8 Å². The molecular weight excluding hydrogens is 514 g/mol. The third-order valence-corrected chi connectivity index (χ3v) is 5.42. The fraction of sp³-hybridized carbons (Fsp3) is 0.160. The van der Waals surface area contributed by atoms with Crippen LogP contribution in [0.3, 0.4) is 0 Å². The SMILES string of the molecule is C/C(=C\C(=C/C=N)Oc1ccc2c(c1)nc(Nc1ccc(C(F)(F)F)cc1)n2C)c1ncc(C(F)(F)F)[nH]1. The number of nitrogens with one attached hydrogen (secondary N) is 3. The number of halogens is 6. The number of aryl methyl sites for hydroxylation is 1. The highest BCUT2D eigenvalue weighted by Crippen LogP contribution is 2.32. The zero-order valence-electron chi connectivity index (χ0n) is 19.9. The highest BCUT2D eigenvalue weighted by atomic mass is 19.4. The number of aromatic nitrogens is 4. The minimum atomic E-state index is -4.56. The average molecular weight is 534 g/mol. The Morgan fingerprint density at radius 1 is 1.05 bits per heavy atom. The zero-order chi connectivity index (χ0) is 27.7. The van der Waals surface area contributed by atoms with Gasteiger partial charge in [-0.2, -0.15) is 26.3 Å². The van der Waals surface area contributed by atoms with Crippen LogP contribution in [0.4, 0.5) is 38.0 Å². The maximum atomic E-state index is 12.9. The van der Waals surface area contributed by atoms with Gasteiger partial charge in [0.1, 0.15) is 23.0 Å². The van der Waals surface area contributed by atoms with E-state index in [1.807, 2.05) is 0 Å². The topological polar surface area (TPSA) is 91.6 Å². The van der Waals surface area contributed by atoms with E-state index in [9.17, 15) is 26.3 Å². The number of hydrogen-bond donors (Lipinski definition) is 3. The van der Waals surface area contributed by atoms with E-state index in [0.717, 1.165) is 18.3 Å². The van der Waals surface area contributed by atoms with Crippen molar-refractivity contribution in [2.45, 2.75) is 19.3 Å². The van der Waals surface area contributed by atoms with Gasteiger partial charge >= 0.3 is 12.4 Å². The summed E-state index contributed by atoms with van der Waals surface area (Å²) >= 11 is 0. The van der Waals surface area contributed by atoms with Gasteiger partial charge in [-0.15, -0.1) is 0 Å². The molecule has 0 radical (unpaired) electrons. The molecule has 2 heterocycles. The number of H-pyrrole nitrogens is 1. The molecule has 4 aromatic rings. The molecular formula is C25H20F6N6O. The maximum absolute atomic E-state index is 12.9. The largest absolute Gasteiger partial charge is 0.457 e. The first-order valence-corrected chi connectivity index (χ1v) is 11.0. The van der Waals surface area contributed by atoms with Crippen LogP contribution in [-0.4, -0.2) is 25.7 Å². The fourth-order valence-electron chi connectivity index (χ4n) is 3.50. The molecule has 4 rings (SSSR count). The first kappa shape index (κ1) is 26.5. The first-order chi connectivity index (χ1) is 17.8. The predicted octanol–water partition coefficient (Wildman–Crippen LogP) is 7.09. The number of imidazole rings is 2. The van der Waals surface area contributed by atoms with Crippen molar-refractivity contribution in [2.75, 3.05) is 5.32 Å². The molecule has 0 spiro atoms. The number of nitrogens with zero attached hydrogens (tertiary/aromatic N) is 3. The Bertz CT molecular complexity index is 1530. The van der Waals surface area contributed by atoms with Crippen LogP contribution in [-0.2, 0) is 19.4 Å². The summed E-state index contributed by atoms with van der Waals surface area (Å²) in [6.07, 6.45) is -4.59. The lowest BCUT2D eigenvalue weighted by Crippen LogP contribution is -2.05. The number of allylic oxidation sites excluding steroid dienone is 3. The normalized spacial score (nSPS) is 13.2. The lowest BCUT2D eigenvalue weighted by atomic mass is 10.2. The van der Waals surface area contributed by atoms with Crippen molar-refractivity contribution in [1.29, 1.82) is 5.41 Å². The van der Waals surface area contributed by atoms with Crippen molar-refractivity contribution in [3.8, 4) is 5.75 Å². The van der Waals surface area contributed by atoms with Gasteiger partial charge in [-0.1, -0.05) is 0 Å². The smallest absolute Gasteiger partial charge is 0.432 e. The van der Waals surface area contributed by atoms with Crippen molar-refractivity contribution < 1.29 is 31.1 Å². The van der Waals surface area contributed by atoms with Gasteiger partial charge < -0.3 is 25.0 Å². The molecule has 2 aromatic carbocycles. The van der Waals surface area contributed by atoms with E-state index in [1.54, 1.807) is 36.7 Å². The van der Waals surface area contributed by atoms with E-state index < -0.39 is 23.6 Å². The Hall–Kier alpha value is -4.55. The summed E-state index contributed by atoms with van der Waals surface area (Å²) in [5, 5.41) is 10.4. The first-order valence-electron chi connectivity index (χ1n) is 11.0. The van der Waals surface area contributed by atoms with Crippen LogP contribution in [0.2, 0.25) is 0 Å². The van der Waals surface area contributed by atoms with E-state index in [2.05, 4.69) is 20.3 Å². The van der Waals surface area contributed by atoms with Crippen LogP contribution in [0.25, 0.3) is 16.6 Å². The molecule has 0 aliphatic carbocycles. The van der Waals surface area contributed by atoms with Gasteiger partial charge in [0.2, 0.25) is 5.95 Å². The van der Waals surface area contributed by atoms with E-state index in [0.29, 0.717) is 40.2 Å². The highest BCUT2D eigenvalue weighted by Gasteiger charge is 2.33.